The van der Waals surface area contributed by atoms with Crippen molar-refractivity contribution < 1.29 is 9.59 Å². The fourth-order valence-electron chi connectivity index (χ4n) is 3.26. The lowest BCUT2D eigenvalue weighted by atomic mass is 10.0. The molecule has 0 saturated carbocycles. The quantitative estimate of drug-likeness (QED) is 0.908. The molecule has 118 valence electrons. The number of rotatable bonds is 2. The van der Waals surface area contributed by atoms with Crippen molar-refractivity contribution >= 4 is 11.9 Å². The maximum atomic E-state index is 12.5. The molecule has 0 radical (unpaired) electrons. The van der Waals surface area contributed by atoms with Crippen LogP contribution in [0.25, 0.3) is 0 Å². The minimum Gasteiger partial charge on any atom is -0.338 e. The molecule has 1 aromatic carbocycles. The summed E-state index contributed by atoms with van der Waals surface area (Å²) in [4.78, 5) is 28.2. The Morgan fingerprint density at radius 2 is 1.82 bits per heavy atom. The van der Waals surface area contributed by atoms with Crippen LogP contribution in [0, 0.1) is 6.92 Å². The van der Waals surface area contributed by atoms with Gasteiger partial charge in [0.2, 0.25) is 0 Å². The lowest BCUT2D eigenvalue weighted by Gasteiger charge is -2.40. The summed E-state index contributed by atoms with van der Waals surface area (Å²) in [5.74, 6) is 0.0987. The molecule has 2 heterocycles. The van der Waals surface area contributed by atoms with Gasteiger partial charge in [0.05, 0.1) is 0 Å². The number of hydrogen-bond acceptors (Lipinski definition) is 2. The highest BCUT2D eigenvalue weighted by Gasteiger charge is 2.30. The number of carbonyl (C=O) groups is 2. The van der Waals surface area contributed by atoms with Gasteiger partial charge in [0, 0.05) is 37.8 Å². The van der Waals surface area contributed by atoms with E-state index in [-0.39, 0.29) is 18.0 Å². The van der Waals surface area contributed by atoms with Crippen LogP contribution in [0.2, 0.25) is 0 Å². The topological polar surface area (TPSA) is 52.7 Å². The molecule has 0 unspecified atom stereocenters. The zero-order valence-corrected chi connectivity index (χ0v) is 13.0. The highest BCUT2D eigenvalue weighted by Crippen LogP contribution is 2.20. The third-order valence-corrected chi connectivity index (χ3v) is 4.60. The highest BCUT2D eigenvalue weighted by atomic mass is 16.2. The summed E-state index contributed by atoms with van der Waals surface area (Å²) in [6.07, 6.45) is 2.74. The van der Waals surface area contributed by atoms with E-state index in [1.54, 1.807) is 0 Å². The van der Waals surface area contributed by atoms with Crippen molar-refractivity contribution in [1.29, 1.82) is 0 Å². The first-order chi connectivity index (χ1) is 10.6. The van der Waals surface area contributed by atoms with E-state index in [0.717, 1.165) is 56.6 Å². The Morgan fingerprint density at radius 3 is 2.45 bits per heavy atom. The molecule has 5 heteroatoms. The molecule has 3 rings (SSSR count). The average molecular weight is 301 g/mol. The Bertz CT molecular complexity index is 548. The van der Waals surface area contributed by atoms with E-state index in [1.165, 1.54) is 0 Å². The minimum absolute atomic E-state index is 0.0505. The number of urea groups is 1. The third kappa shape index (κ3) is 3.08. The van der Waals surface area contributed by atoms with Crippen LogP contribution in [-0.2, 0) is 0 Å². The van der Waals surface area contributed by atoms with Gasteiger partial charge in [0.1, 0.15) is 0 Å². The number of hydrogen-bond donors (Lipinski definition) is 1. The van der Waals surface area contributed by atoms with Crippen LogP contribution in [0.15, 0.2) is 24.3 Å². The van der Waals surface area contributed by atoms with E-state index in [9.17, 15) is 9.59 Å². The van der Waals surface area contributed by atoms with E-state index in [0.29, 0.717) is 0 Å². The van der Waals surface area contributed by atoms with Crippen LogP contribution in [0.1, 0.15) is 35.2 Å². The van der Waals surface area contributed by atoms with Gasteiger partial charge in [-0.1, -0.05) is 17.7 Å². The van der Waals surface area contributed by atoms with Crippen LogP contribution >= 0.6 is 0 Å². The number of benzene rings is 1. The van der Waals surface area contributed by atoms with Gasteiger partial charge in [-0.3, -0.25) is 4.79 Å². The second kappa shape index (κ2) is 6.38. The SMILES string of the molecule is Cc1ccc(C(=O)N2CCC(N3CCCNC3=O)CC2)cc1. The molecule has 0 aliphatic carbocycles. The number of piperidine rings is 1. The highest BCUT2D eigenvalue weighted by molar-refractivity contribution is 5.94. The molecule has 3 amide bonds. The first kappa shape index (κ1) is 14.9. The van der Waals surface area contributed by atoms with Crippen molar-refractivity contribution in [2.75, 3.05) is 26.2 Å². The van der Waals surface area contributed by atoms with Crippen LogP contribution in [0.3, 0.4) is 0 Å². The molecule has 0 aromatic heterocycles. The molecular formula is C17H23N3O2. The molecule has 1 aromatic rings. The van der Waals surface area contributed by atoms with E-state index in [1.807, 2.05) is 41.0 Å². The second-order valence-corrected chi connectivity index (χ2v) is 6.17. The summed E-state index contributed by atoms with van der Waals surface area (Å²) in [5.41, 5.74) is 1.91. The van der Waals surface area contributed by atoms with Gasteiger partial charge in [0.25, 0.3) is 5.91 Å². The van der Waals surface area contributed by atoms with Crippen molar-refractivity contribution in [3.8, 4) is 0 Å². The average Bonchev–Trinajstić information content (AvgIpc) is 2.56. The largest absolute Gasteiger partial charge is 0.338 e. The molecule has 5 nitrogen and oxygen atoms in total. The van der Waals surface area contributed by atoms with Crippen molar-refractivity contribution in [2.24, 2.45) is 0 Å². The first-order valence-electron chi connectivity index (χ1n) is 8.05. The molecule has 1 N–H and O–H groups in total. The smallest absolute Gasteiger partial charge is 0.317 e. The number of amides is 3. The summed E-state index contributed by atoms with van der Waals surface area (Å²) >= 11 is 0. The van der Waals surface area contributed by atoms with Gasteiger partial charge in [-0.2, -0.15) is 0 Å². The third-order valence-electron chi connectivity index (χ3n) is 4.60. The number of carbonyl (C=O) groups excluding carboxylic acids is 2. The van der Waals surface area contributed by atoms with Crippen LogP contribution < -0.4 is 5.32 Å². The maximum absolute atomic E-state index is 12.5. The first-order valence-corrected chi connectivity index (χ1v) is 8.05. The van der Waals surface area contributed by atoms with Crippen molar-refractivity contribution in [2.45, 2.75) is 32.2 Å². The number of nitrogens with zero attached hydrogens (tertiary/aromatic N) is 2. The zero-order chi connectivity index (χ0) is 15.5. The standard InChI is InChI=1S/C17H23N3O2/c1-13-3-5-14(6-4-13)16(21)19-11-7-15(8-12-19)20-10-2-9-18-17(20)22/h3-6,15H,2,7-12H2,1H3,(H,18,22). The predicted molar refractivity (Wildman–Crippen MR) is 84.8 cm³/mol. The van der Waals surface area contributed by atoms with E-state index >= 15 is 0 Å². The molecule has 0 atom stereocenters. The molecule has 22 heavy (non-hydrogen) atoms. The van der Waals surface area contributed by atoms with Crippen molar-refractivity contribution in [3.63, 3.8) is 0 Å². The van der Waals surface area contributed by atoms with E-state index < -0.39 is 0 Å². The minimum atomic E-state index is 0.0505. The van der Waals surface area contributed by atoms with Gasteiger partial charge in [-0.15, -0.1) is 0 Å². The maximum Gasteiger partial charge on any atom is 0.317 e. The fraction of sp³-hybridized carbons (Fsp3) is 0.529. The number of aryl methyl sites for hydroxylation is 1. The Hall–Kier alpha value is -2.04. The van der Waals surface area contributed by atoms with Crippen molar-refractivity contribution in [3.05, 3.63) is 35.4 Å². The Labute approximate surface area is 131 Å². The second-order valence-electron chi connectivity index (χ2n) is 6.17. The lowest BCUT2D eigenvalue weighted by Crippen LogP contribution is -2.54. The van der Waals surface area contributed by atoms with Crippen LogP contribution in [-0.4, -0.2) is 54.0 Å². The zero-order valence-electron chi connectivity index (χ0n) is 13.0. The normalized spacial score (nSPS) is 20.0. The summed E-state index contributed by atoms with van der Waals surface area (Å²) < 4.78 is 0. The molecule has 2 aliphatic heterocycles. The van der Waals surface area contributed by atoms with Gasteiger partial charge >= 0.3 is 6.03 Å². The van der Waals surface area contributed by atoms with Crippen LogP contribution in [0.5, 0.6) is 0 Å². The Morgan fingerprint density at radius 1 is 1.14 bits per heavy atom. The molecule has 0 spiro atoms. The Balaban J connectivity index is 1.58. The van der Waals surface area contributed by atoms with Gasteiger partial charge in [-0.25, -0.2) is 4.79 Å². The van der Waals surface area contributed by atoms with Crippen LogP contribution in [0.4, 0.5) is 4.79 Å². The molecule has 0 bridgehead atoms. The van der Waals surface area contributed by atoms with Gasteiger partial charge in [-0.05, 0) is 38.3 Å². The lowest BCUT2D eigenvalue weighted by molar-refractivity contribution is 0.0642. The van der Waals surface area contributed by atoms with E-state index in [2.05, 4.69) is 5.32 Å². The molecule has 2 fully saturated rings. The summed E-state index contributed by atoms with van der Waals surface area (Å²) in [6.45, 7) is 5.08. The summed E-state index contributed by atoms with van der Waals surface area (Å²) in [5, 5.41) is 2.90. The Kier molecular flexibility index (Phi) is 4.32. The van der Waals surface area contributed by atoms with Gasteiger partial charge < -0.3 is 15.1 Å². The monoisotopic (exact) mass is 301 g/mol. The van der Waals surface area contributed by atoms with E-state index in [4.69, 9.17) is 0 Å². The predicted octanol–water partition coefficient (Wildman–Crippen LogP) is 2.01. The number of nitrogens with one attached hydrogen (secondary N) is 1. The summed E-state index contributed by atoms with van der Waals surface area (Å²) in [6, 6.07) is 8.04. The van der Waals surface area contributed by atoms with Gasteiger partial charge in [0.15, 0.2) is 0 Å². The molecule has 2 saturated heterocycles. The van der Waals surface area contributed by atoms with Crippen molar-refractivity contribution in [1.82, 2.24) is 15.1 Å². The fourth-order valence-corrected chi connectivity index (χ4v) is 3.26. The molecular weight excluding hydrogens is 278 g/mol. The summed E-state index contributed by atoms with van der Waals surface area (Å²) in [7, 11) is 0. The number of likely N-dealkylation sites (tertiary alicyclic amines) is 1. The molecule has 2 aliphatic rings.